The van der Waals surface area contributed by atoms with Crippen LogP contribution in [0.2, 0.25) is 5.02 Å². The normalized spacial score (nSPS) is 10.7. The van der Waals surface area contributed by atoms with Gasteiger partial charge in [-0.2, -0.15) is 18.4 Å². The van der Waals surface area contributed by atoms with E-state index in [2.05, 4.69) is 5.32 Å². The number of nitrogens with zero attached hydrogens (tertiary/aromatic N) is 1. The Morgan fingerprint density at radius 3 is 2.63 bits per heavy atom. The van der Waals surface area contributed by atoms with Gasteiger partial charge in [-0.05, 0) is 18.2 Å². The van der Waals surface area contributed by atoms with Gasteiger partial charge in [0.05, 0.1) is 28.9 Å². The zero-order valence-electron chi connectivity index (χ0n) is 9.51. The Bertz CT molecular complexity index is 511. The van der Waals surface area contributed by atoms with E-state index in [9.17, 15) is 18.0 Å². The molecule has 0 aliphatic carbocycles. The first-order chi connectivity index (χ1) is 8.81. The summed E-state index contributed by atoms with van der Waals surface area (Å²) in [5.41, 5.74) is 0.708. The molecular weight excluding hydrogens is 283 g/mol. The van der Waals surface area contributed by atoms with Crippen LogP contribution >= 0.6 is 11.6 Å². The number of hydrogen-bond donors (Lipinski definition) is 2. The van der Waals surface area contributed by atoms with Crippen LogP contribution in [0.1, 0.15) is 5.56 Å². The average molecular weight is 292 g/mol. The minimum absolute atomic E-state index is 0.211. The van der Waals surface area contributed by atoms with Gasteiger partial charge in [-0.25, -0.2) is 0 Å². The average Bonchev–Trinajstić information content (AvgIpc) is 2.34. The molecule has 0 heterocycles. The van der Waals surface area contributed by atoms with Crippen molar-refractivity contribution in [3.8, 4) is 6.07 Å². The van der Waals surface area contributed by atoms with Crippen LogP contribution in [-0.2, 0) is 4.79 Å². The van der Waals surface area contributed by atoms with E-state index in [1.54, 1.807) is 5.32 Å². The monoisotopic (exact) mass is 291 g/mol. The molecule has 0 radical (unpaired) electrons. The number of anilines is 1. The molecule has 19 heavy (non-hydrogen) atoms. The first-order valence-corrected chi connectivity index (χ1v) is 5.46. The van der Waals surface area contributed by atoms with Gasteiger partial charge in [0, 0.05) is 0 Å². The van der Waals surface area contributed by atoms with Gasteiger partial charge in [0.25, 0.3) is 0 Å². The van der Waals surface area contributed by atoms with Crippen LogP contribution in [0.15, 0.2) is 18.2 Å². The lowest BCUT2D eigenvalue weighted by atomic mass is 10.2. The van der Waals surface area contributed by atoms with Crippen LogP contribution in [-0.4, -0.2) is 25.2 Å². The van der Waals surface area contributed by atoms with Crippen LogP contribution < -0.4 is 10.6 Å². The summed E-state index contributed by atoms with van der Waals surface area (Å²) in [5.74, 6) is -0.808. The molecule has 0 bridgehead atoms. The molecule has 0 aliphatic rings. The third-order valence-electron chi connectivity index (χ3n) is 2.02. The van der Waals surface area contributed by atoms with Crippen molar-refractivity contribution >= 4 is 23.2 Å². The molecule has 0 atom stereocenters. The maximum absolute atomic E-state index is 11.8. The molecule has 8 heteroatoms. The van der Waals surface area contributed by atoms with E-state index in [1.807, 2.05) is 6.07 Å². The van der Waals surface area contributed by atoms with Gasteiger partial charge < -0.3 is 10.6 Å². The summed E-state index contributed by atoms with van der Waals surface area (Å²) in [6.07, 6.45) is -4.44. The highest BCUT2D eigenvalue weighted by Crippen LogP contribution is 2.22. The molecule has 4 nitrogen and oxygen atoms in total. The Kier molecular flexibility index (Phi) is 5.01. The fourth-order valence-corrected chi connectivity index (χ4v) is 1.41. The number of alkyl halides is 3. The van der Waals surface area contributed by atoms with Crippen LogP contribution in [0.25, 0.3) is 0 Å². The molecule has 0 aromatic heterocycles. The third kappa shape index (κ3) is 5.48. The van der Waals surface area contributed by atoms with Crippen molar-refractivity contribution in [2.24, 2.45) is 0 Å². The Labute approximate surface area is 112 Å². The van der Waals surface area contributed by atoms with Crippen molar-refractivity contribution in [1.82, 2.24) is 5.32 Å². The largest absolute Gasteiger partial charge is 0.405 e. The van der Waals surface area contributed by atoms with Crippen molar-refractivity contribution in [3.05, 3.63) is 28.8 Å². The summed E-state index contributed by atoms with van der Waals surface area (Å²) in [6.45, 7) is -1.73. The second-order valence-corrected chi connectivity index (χ2v) is 3.96. The molecule has 1 rings (SSSR count). The van der Waals surface area contributed by atoms with E-state index in [1.165, 1.54) is 18.2 Å². The fraction of sp³-hybridized carbons (Fsp3) is 0.273. The Hall–Kier alpha value is -1.94. The molecule has 0 unspecified atom stereocenters. The van der Waals surface area contributed by atoms with Crippen molar-refractivity contribution in [3.63, 3.8) is 0 Å². The maximum Gasteiger partial charge on any atom is 0.405 e. The first kappa shape index (κ1) is 15.1. The van der Waals surface area contributed by atoms with Gasteiger partial charge in [-0.15, -0.1) is 0 Å². The second kappa shape index (κ2) is 6.29. The lowest BCUT2D eigenvalue weighted by Gasteiger charge is -2.10. The number of carbonyl (C=O) groups excluding carboxylic acids is 1. The highest BCUT2D eigenvalue weighted by Gasteiger charge is 2.27. The topological polar surface area (TPSA) is 64.9 Å². The highest BCUT2D eigenvalue weighted by atomic mass is 35.5. The predicted molar refractivity (Wildman–Crippen MR) is 63.7 cm³/mol. The lowest BCUT2D eigenvalue weighted by Crippen LogP contribution is -2.37. The van der Waals surface area contributed by atoms with E-state index < -0.39 is 18.6 Å². The molecule has 0 spiro atoms. The molecule has 2 N–H and O–H groups in total. The standard InChI is InChI=1S/C11H9ClF3N3O/c12-8-3-7(4-16)1-2-9(8)17-5-10(19)18-6-11(13,14)15/h1-3,17H,5-6H2,(H,18,19). The number of carbonyl (C=O) groups is 1. The molecule has 0 aliphatic heterocycles. The smallest absolute Gasteiger partial charge is 0.375 e. The molecular formula is C11H9ClF3N3O. The minimum Gasteiger partial charge on any atom is -0.375 e. The van der Waals surface area contributed by atoms with Gasteiger partial charge in [0.15, 0.2) is 0 Å². The molecule has 102 valence electrons. The maximum atomic E-state index is 11.8. The third-order valence-corrected chi connectivity index (χ3v) is 2.34. The number of nitriles is 1. The summed E-state index contributed by atoms with van der Waals surface area (Å²) in [7, 11) is 0. The van der Waals surface area contributed by atoms with Crippen molar-refractivity contribution < 1.29 is 18.0 Å². The SMILES string of the molecule is N#Cc1ccc(NCC(=O)NCC(F)(F)F)c(Cl)c1. The van der Waals surface area contributed by atoms with Gasteiger partial charge in [-0.3, -0.25) is 4.79 Å². The zero-order valence-corrected chi connectivity index (χ0v) is 10.3. The summed E-state index contributed by atoms with van der Waals surface area (Å²) < 4.78 is 35.5. The number of nitrogens with one attached hydrogen (secondary N) is 2. The van der Waals surface area contributed by atoms with Gasteiger partial charge in [0.2, 0.25) is 5.91 Å². The van der Waals surface area contributed by atoms with E-state index in [4.69, 9.17) is 16.9 Å². The number of amides is 1. The number of rotatable bonds is 4. The molecule has 1 aromatic rings. The van der Waals surface area contributed by atoms with E-state index in [0.717, 1.165) is 0 Å². The molecule has 0 saturated carbocycles. The Balaban J connectivity index is 2.49. The zero-order chi connectivity index (χ0) is 14.5. The minimum atomic E-state index is -4.44. The van der Waals surface area contributed by atoms with Crippen LogP contribution in [0.4, 0.5) is 18.9 Å². The van der Waals surface area contributed by atoms with Crippen molar-refractivity contribution in [2.75, 3.05) is 18.4 Å². The van der Waals surface area contributed by atoms with Crippen LogP contribution in [0.3, 0.4) is 0 Å². The number of benzene rings is 1. The first-order valence-electron chi connectivity index (χ1n) is 5.09. The van der Waals surface area contributed by atoms with Crippen molar-refractivity contribution in [1.29, 1.82) is 5.26 Å². The van der Waals surface area contributed by atoms with Gasteiger partial charge in [0.1, 0.15) is 6.54 Å². The summed E-state index contributed by atoms with van der Waals surface area (Å²) in [6, 6.07) is 6.21. The molecule has 0 fully saturated rings. The van der Waals surface area contributed by atoms with Crippen LogP contribution in [0, 0.1) is 11.3 Å². The second-order valence-electron chi connectivity index (χ2n) is 3.55. The molecule has 1 amide bonds. The van der Waals surface area contributed by atoms with E-state index >= 15 is 0 Å². The highest BCUT2D eigenvalue weighted by molar-refractivity contribution is 6.33. The Morgan fingerprint density at radius 2 is 2.11 bits per heavy atom. The Morgan fingerprint density at radius 1 is 1.42 bits per heavy atom. The van der Waals surface area contributed by atoms with Crippen molar-refractivity contribution in [2.45, 2.75) is 6.18 Å². The number of halogens is 4. The van der Waals surface area contributed by atoms with Gasteiger partial charge in [-0.1, -0.05) is 11.6 Å². The molecule has 1 aromatic carbocycles. The molecule has 0 saturated heterocycles. The van der Waals surface area contributed by atoms with E-state index in [-0.39, 0.29) is 11.6 Å². The summed E-state index contributed by atoms with van der Waals surface area (Å²) in [5, 5.41) is 13.1. The predicted octanol–water partition coefficient (Wildman–Crippen LogP) is 2.30. The summed E-state index contributed by atoms with van der Waals surface area (Å²) in [4.78, 5) is 11.1. The lowest BCUT2D eigenvalue weighted by molar-refractivity contribution is -0.137. The number of hydrogen-bond acceptors (Lipinski definition) is 3. The van der Waals surface area contributed by atoms with E-state index in [0.29, 0.717) is 11.3 Å². The quantitative estimate of drug-likeness (QED) is 0.894. The summed E-state index contributed by atoms with van der Waals surface area (Å²) >= 11 is 5.82. The van der Waals surface area contributed by atoms with Crippen LogP contribution in [0.5, 0.6) is 0 Å². The fourth-order valence-electron chi connectivity index (χ4n) is 1.16. The van der Waals surface area contributed by atoms with Gasteiger partial charge >= 0.3 is 6.18 Å².